The van der Waals surface area contributed by atoms with E-state index in [1.165, 1.54) is 5.52 Å². The monoisotopic (exact) mass is 176 g/mol. The maximum Gasteiger partial charge on any atom is 0.106 e. The minimum atomic E-state index is 0.904. The molecule has 0 aliphatic heterocycles. The fourth-order valence-corrected chi connectivity index (χ4v) is 1.64. The third-order valence-corrected chi connectivity index (χ3v) is 2.23. The van der Waals surface area contributed by atoms with E-state index in [1.807, 2.05) is 25.1 Å². The smallest absolute Gasteiger partial charge is 0.106 e. The van der Waals surface area contributed by atoms with Crippen molar-refractivity contribution in [2.45, 2.75) is 13.5 Å². The van der Waals surface area contributed by atoms with Crippen LogP contribution >= 0.6 is 0 Å². The quantitative estimate of drug-likeness (QED) is 0.715. The number of fused-ring (bicyclic) bond motifs is 1. The van der Waals surface area contributed by atoms with E-state index in [4.69, 9.17) is 0 Å². The first-order valence-corrected chi connectivity index (χ1v) is 4.54. The van der Waals surface area contributed by atoms with Crippen molar-refractivity contribution in [2.24, 2.45) is 0 Å². The second-order valence-corrected chi connectivity index (χ2v) is 3.15. The highest BCUT2D eigenvalue weighted by Gasteiger charge is 2.04. The normalized spacial score (nSPS) is 10.9. The largest absolute Gasteiger partial charge is 0.356 e. The van der Waals surface area contributed by atoms with Crippen molar-refractivity contribution >= 4 is 11.0 Å². The molecule has 1 aromatic carbocycles. The summed E-state index contributed by atoms with van der Waals surface area (Å²) in [5.74, 6) is 1.07. The third-order valence-electron chi connectivity index (χ3n) is 2.23. The lowest BCUT2D eigenvalue weighted by molar-refractivity contribution is -0.369. The highest BCUT2D eigenvalue weighted by molar-refractivity contribution is 5.75. The predicted molar refractivity (Wildman–Crippen MR) is 52.2 cm³/mol. The lowest BCUT2D eigenvalue weighted by Gasteiger charge is -2.01. The van der Waals surface area contributed by atoms with E-state index in [2.05, 4.69) is 21.4 Å². The predicted octanol–water partition coefficient (Wildman–Crippen LogP) is 0.587. The summed E-state index contributed by atoms with van der Waals surface area (Å²) < 4.78 is 2.21. The highest BCUT2D eigenvalue weighted by Crippen LogP contribution is 2.14. The topological polar surface area (TPSA) is 45.5 Å². The molecule has 0 saturated heterocycles. The van der Waals surface area contributed by atoms with Crippen molar-refractivity contribution < 1.29 is 5.73 Å². The summed E-state index contributed by atoms with van der Waals surface area (Å²) in [7, 11) is 0. The molecule has 0 aliphatic rings. The van der Waals surface area contributed by atoms with Crippen molar-refractivity contribution in [2.75, 3.05) is 6.54 Å². The van der Waals surface area contributed by atoms with Gasteiger partial charge in [-0.1, -0.05) is 12.1 Å². The first-order valence-electron chi connectivity index (χ1n) is 4.54. The van der Waals surface area contributed by atoms with Crippen LogP contribution in [0.4, 0.5) is 0 Å². The van der Waals surface area contributed by atoms with Gasteiger partial charge in [0, 0.05) is 0 Å². The Balaban J connectivity index is 2.64. The first kappa shape index (κ1) is 8.26. The molecule has 2 rings (SSSR count). The summed E-state index contributed by atoms with van der Waals surface area (Å²) in [5, 5.41) is 0. The number of aryl methyl sites for hydroxylation is 1. The van der Waals surface area contributed by atoms with Crippen molar-refractivity contribution in [3.63, 3.8) is 0 Å². The van der Waals surface area contributed by atoms with Crippen LogP contribution in [0, 0.1) is 6.92 Å². The van der Waals surface area contributed by atoms with E-state index in [0.29, 0.717) is 0 Å². The summed E-state index contributed by atoms with van der Waals surface area (Å²) in [6.45, 7) is 3.89. The molecule has 13 heavy (non-hydrogen) atoms. The van der Waals surface area contributed by atoms with Gasteiger partial charge >= 0.3 is 0 Å². The number of aromatic nitrogens is 2. The Hall–Kier alpha value is -1.35. The van der Waals surface area contributed by atoms with Gasteiger partial charge in [0.2, 0.25) is 0 Å². The van der Waals surface area contributed by atoms with Crippen LogP contribution in [0.5, 0.6) is 0 Å². The zero-order chi connectivity index (χ0) is 9.26. The highest BCUT2D eigenvalue weighted by atomic mass is 15.1. The van der Waals surface area contributed by atoms with Gasteiger partial charge in [0.15, 0.2) is 0 Å². The van der Waals surface area contributed by atoms with Crippen LogP contribution in [-0.4, -0.2) is 16.1 Å². The fraction of sp³-hybridized carbons (Fsp3) is 0.300. The molecule has 0 bridgehead atoms. The number of quaternary nitrogens is 1. The number of benzene rings is 1. The standard InChI is InChI=1S/C10H13N3/c1-8-12-9-4-2-3-5-10(9)13(8)7-6-11/h2-5H,6-7,11H2,1H3/p+1. The summed E-state index contributed by atoms with van der Waals surface area (Å²) in [6.07, 6.45) is 0. The maximum atomic E-state index is 4.47. The molecular weight excluding hydrogens is 162 g/mol. The Morgan fingerprint density at radius 2 is 2.15 bits per heavy atom. The van der Waals surface area contributed by atoms with Crippen LogP contribution in [0.15, 0.2) is 24.3 Å². The number of hydrogen-bond donors (Lipinski definition) is 1. The van der Waals surface area contributed by atoms with Gasteiger partial charge in [0.1, 0.15) is 5.82 Å². The molecule has 3 N–H and O–H groups in total. The van der Waals surface area contributed by atoms with Crippen LogP contribution in [0.25, 0.3) is 11.0 Å². The number of imidazole rings is 1. The number of hydrogen-bond acceptors (Lipinski definition) is 1. The van der Waals surface area contributed by atoms with Crippen LogP contribution in [0.1, 0.15) is 5.82 Å². The minimum absolute atomic E-state index is 0.904. The number of nitrogens with zero attached hydrogens (tertiary/aromatic N) is 2. The Bertz CT molecular complexity index is 417. The van der Waals surface area contributed by atoms with Gasteiger partial charge in [-0.15, -0.1) is 0 Å². The molecule has 3 nitrogen and oxygen atoms in total. The fourth-order valence-electron chi connectivity index (χ4n) is 1.64. The summed E-state index contributed by atoms with van der Waals surface area (Å²) in [5.41, 5.74) is 6.15. The van der Waals surface area contributed by atoms with Crippen molar-refractivity contribution in [3.8, 4) is 0 Å². The molecule has 1 heterocycles. The molecule has 0 saturated carbocycles. The molecule has 0 unspecified atom stereocenters. The van der Waals surface area contributed by atoms with Gasteiger partial charge < -0.3 is 10.3 Å². The summed E-state index contributed by atoms with van der Waals surface area (Å²) >= 11 is 0. The molecule has 0 radical (unpaired) electrons. The van der Waals surface area contributed by atoms with E-state index in [0.717, 1.165) is 24.4 Å². The zero-order valence-electron chi connectivity index (χ0n) is 7.83. The van der Waals surface area contributed by atoms with E-state index in [1.54, 1.807) is 0 Å². The third kappa shape index (κ3) is 1.31. The van der Waals surface area contributed by atoms with Gasteiger partial charge in [-0.05, 0) is 19.1 Å². The molecule has 0 fully saturated rings. The van der Waals surface area contributed by atoms with Crippen LogP contribution in [-0.2, 0) is 6.54 Å². The van der Waals surface area contributed by atoms with E-state index < -0.39 is 0 Å². The second-order valence-electron chi connectivity index (χ2n) is 3.15. The molecule has 2 aromatic rings. The first-order chi connectivity index (χ1) is 6.33. The van der Waals surface area contributed by atoms with Gasteiger partial charge in [0.25, 0.3) is 0 Å². The molecule has 1 aromatic heterocycles. The average Bonchev–Trinajstić information content (AvgIpc) is 2.44. The SMILES string of the molecule is Cc1nc2ccccc2n1CC[NH3+]. The van der Waals surface area contributed by atoms with E-state index in [-0.39, 0.29) is 0 Å². The van der Waals surface area contributed by atoms with Crippen LogP contribution in [0.3, 0.4) is 0 Å². The number of rotatable bonds is 2. The average molecular weight is 176 g/mol. The van der Waals surface area contributed by atoms with Crippen LogP contribution < -0.4 is 5.73 Å². The maximum absolute atomic E-state index is 4.47. The van der Waals surface area contributed by atoms with Crippen molar-refractivity contribution in [3.05, 3.63) is 30.1 Å². The van der Waals surface area contributed by atoms with Crippen molar-refractivity contribution in [1.82, 2.24) is 9.55 Å². The van der Waals surface area contributed by atoms with Gasteiger partial charge in [0.05, 0.1) is 24.1 Å². The van der Waals surface area contributed by atoms with Gasteiger partial charge in [-0.2, -0.15) is 0 Å². The molecule has 0 spiro atoms. The summed E-state index contributed by atoms with van der Waals surface area (Å²) in [6, 6.07) is 8.21. The Kier molecular flexibility index (Phi) is 2.02. The van der Waals surface area contributed by atoms with Gasteiger partial charge in [-0.25, -0.2) is 4.98 Å². The number of para-hydroxylation sites is 2. The van der Waals surface area contributed by atoms with Gasteiger partial charge in [-0.3, -0.25) is 0 Å². The Morgan fingerprint density at radius 3 is 2.92 bits per heavy atom. The minimum Gasteiger partial charge on any atom is -0.356 e. The Morgan fingerprint density at radius 1 is 1.38 bits per heavy atom. The van der Waals surface area contributed by atoms with Crippen molar-refractivity contribution in [1.29, 1.82) is 0 Å². The molecule has 0 amide bonds. The lowest BCUT2D eigenvalue weighted by atomic mass is 10.3. The van der Waals surface area contributed by atoms with Crippen LogP contribution in [0.2, 0.25) is 0 Å². The molecular formula is C10H14N3+. The van der Waals surface area contributed by atoms with E-state index in [9.17, 15) is 0 Å². The molecule has 0 atom stereocenters. The lowest BCUT2D eigenvalue weighted by Crippen LogP contribution is -2.52. The zero-order valence-corrected chi connectivity index (χ0v) is 7.83. The molecule has 68 valence electrons. The molecule has 0 aliphatic carbocycles. The Labute approximate surface area is 77.2 Å². The molecule has 3 heteroatoms. The second kappa shape index (κ2) is 3.18. The van der Waals surface area contributed by atoms with E-state index >= 15 is 0 Å². The summed E-state index contributed by atoms with van der Waals surface area (Å²) in [4.78, 5) is 4.47.